The van der Waals surface area contributed by atoms with E-state index in [2.05, 4.69) is 4.72 Å². The molecule has 1 heterocycles. The predicted molar refractivity (Wildman–Crippen MR) is 100 cm³/mol. The largest absolute Gasteiger partial charge is 0.486 e. The molecule has 6 heteroatoms. The highest BCUT2D eigenvalue weighted by Crippen LogP contribution is 2.33. The van der Waals surface area contributed by atoms with Crippen LogP contribution in [0.25, 0.3) is 10.8 Å². The van der Waals surface area contributed by atoms with Gasteiger partial charge in [0.25, 0.3) is 0 Å². The van der Waals surface area contributed by atoms with Gasteiger partial charge in [-0.25, -0.2) is 13.1 Å². The summed E-state index contributed by atoms with van der Waals surface area (Å²) in [6, 6.07) is 17.9. The monoisotopic (exact) mass is 369 g/mol. The van der Waals surface area contributed by atoms with Crippen LogP contribution >= 0.6 is 0 Å². The first-order valence-electron chi connectivity index (χ1n) is 8.44. The zero-order chi connectivity index (χ0) is 18.1. The molecule has 0 bridgehead atoms. The van der Waals surface area contributed by atoms with Crippen molar-refractivity contribution in [2.45, 2.75) is 17.9 Å². The minimum atomic E-state index is -3.64. The van der Waals surface area contributed by atoms with E-state index >= 15 is 0 Å². The second kappa shape index (κ2) is 6.63. The van der Waals surface area contributed by atoms with Crippen LogP contribution in [0.15, 0.2) is 65.6 Å². The Bertz CT molecular complexity index is 1060. The van der Waals surface area contributed by atoms with Gasteiger partial charge in [0.1, 0.15) is 13.2 Å². The van der Waals surface area contributed by atoms with E-state index in [0.717, 1.165) is 16.3 Å². The van der Waals surface area contributed by atoms with Crippen LogP contribution in [-0.2, 0) is 10.0 Å². The Morgan fingerprint density at radius 2 is 1.62 bits per heavy atom. The van der Waals surface area contributed by atoms with E-state index < -0.39 is 16.1 Å². The SMILES string of the molecule is C[C@@H](NS(=O)(=O)c1ccc2ccccc2c1)c1ccc2c(c1)OCCO2. The van der Waals surface area contributed by atoms with Gasteiger partial charge in [-0.15, -0.1) is 0 Å². The molecular weight excluding hydrogens is 350 g/mol. The van der Waals surface area contributed by atoms with Crippen molar-refractivity contribution in [3.63, 3.8) is 0 Å². The summed E-state index contributed by atoms with van der Waals surface area (Å²) in [5.74, 6) is 1.33. The van der Waals surface area contributed by atoms with E-state index in [9.17, 15) is 8.42 Å². The molecule has 1 aliphatic heterocycles. The lowest BCUT2D eigenvalue weighted by molar-refractivity contribution is 0.171. The fraction of sp³-hybridized carbons (Fsp3) is 0.200. The van der Waals surface area contributed by atoms with Crippen molar-refractivity contribution in [1.29, 1.82) is 0 Å². The highest BCUT2D eigenvalue weighted by molar-refractivity contribution is 7.89. The van der Waals surface area contributed by atoms with Gasteiger partial charge in [0.05, 0.1) is 4.90 Å². The molecule has 1 aliphatic rings. The summed E-state index contributed by atoms with van der Waals surface area (Å²) in [7, 11) is -3.64. The Morgan fingerprint density at radius 1 is 0.885 bits per heavy atom. The van der Waals surface area contributed by atoms with E-state index in [1.165, 1.54) is 0 Å². The Balaban J connectivity index is 1.60. The van der Waals surface area contributed by atoms with Crippen molar-refractivity contribution in [3.8, 4) is 11.5 Å². The lowest BCUT2D eigenvalue weighted by Crippen LogP contribution is -2.27. The van der Waals surface area contributed by atoms with Gasteiger partial charge in [-0.2, -0.15) is 0 Å². The smallest absolute Gasteiger partial charge is 0.241 e. The van der Waals surface area contributed by atoms with Crippen molar-refractivity contribution >= 4 is 20.8 Å². The number of fused-ring (bicyclic) bond motifs is 2. The highest BCUT2D eigenvalue weighted by Gasteiger charge is 2.20. The van der Waals surface area contributed by atoms with Gasteiger partial charge < -0.3 is 9.47 Å². The van der Waals surface area contributed by atoms with Gasteiger partial charge >= 0.3 is 0 Å². The molecule has 0 amide bonds. The molecular formula is C20H19NO4S. The summed E-state index contributed by atoms with van der Waals surface area (Å²) in [5.41, 5.74) is 0.818. The van der Waals surface area contributed by atoms with Crippen LogP contribution in [0.3, 0.4) is 0 Å². The Morgan fingerprint density at radius 3 is 2.42 bits per heavy atom. The minimum Gasteiger partial charge on any atom is -0.486 e. The lowest BCUT2D eigenvalue weighted by atomic mass is 10.1. The van der Waals surface area contributed by atoms with E-state index in [1.54, 1.807) is 12.1 Å². The first-order valence-corrected chi connectivity index (χ1v) is 9.92. The van der Waals surface area contributed by atoms with Crippen LogP contribution in [0, 0.1) is 0 Å². The third-order valence-electron chi connectivity index (χ3n) is 4.43. The molecule has 0 fully saturated rings. The van der Waals surface area contributed by atoms with Crippen molar-refractivity contribution in [3.05, 3.63) is 66.2 Å². The van der Waals surface area contributed by atoms with Gasteiger partial charge in [0.2, 0.25) is 10.0 Å². The van der Waals surface area contributed by atoms with E-state index in [4.69, 9.17) is 9.47 Å². The number of nitrogens with one attached hydrogen (secondary N) is 1. The second-order valence-electron chi connectivity index (χ2n) is 6.26. The van der Waals surface area contributed by atoms with Crippen molar-refractivity contribution in [2.24, 2.45) is 0 Å². The third-order valence-corrected chi connectivity index (χ3v) is 5.97. The fourth-order valence-corrected chi connectivity index (χ4v) is 4.30. The zero-order valence-corrected chi connectivity index (χ0v) is 15.1. The Kier molecular flexibility index (Phi) is 4.30. The normalized spacial score (nSPS) is 15.0. The maximum absolute atomic E-state index is 12.8. The number of hydrogen-bond acceptors (Lipinski definition) is 4. The average molecular weight is 369 g/mol. The molecule has 1 atom stereocenters. The molecule has 3 aromatic rings. The van der Waals surface area contributed by atoms with Crippen LogP contribution in [0.2, 0.25) is 0 Å². The molecule has 0 radical (unpaired) electrons. The molecule has 3 aromatic carbocycles. The van der Waals surface area contributed by atoms with Crippen molar-refractivity contribution in [2.75, 3.05) is 13.2 Å². The van der Waals surface area contributed by atoms with E-state index in [0.29, 0.717) is 24.7 Å². The van der Waals surface area contributed by atoms with Crippen LogP contribution < -0.4 is 14.2 Å². The van der Waals surface area contributed by atoms with E-state index in [-0.39, 0.29) is 4.90 Å². The standard InChI is InChI=1S/C20H19NO4S/c1-14(16-7-9-19-20(13-16)25-11-10-24-19)21-26(22,23)18-8-6-15-4-2-3-5-17(15)12-18/h2-9,12-14,21H,10-11H2,1H3/t14-/m1/s1. The molecule has 0 spiro atoms. The average Bonchev–Trinajstić information content (AvgIpc) is 2.67. The van der Waals surface area contributed by atoms with Gasteiger partial charge in [-0.05, 0) is 47.5 Å². The first kappa shape index (κ1) is 16.9. The molecule has 0 unspecified atom stereocenters. The number of rotatable bonds is 4. The molecule has 1 N–H and O–H groups in total. The fourth-order valence-electron chi connectivity index (χ4n) is 3.03. The number of benzene rings is 3. The topological polar surface area (TPSA) is 64.6 Å². The summed E-state index contributed by atoms with van der Waals surface area (Å²) >= 11 is 0. The summed E-state index contributed by atoms with van der Waals surface area (Å²) in [5, 5.41) is 1.90. The number of ether oxygens (including phenoxy) is 2. The third kappa shape index (κ3) is 3.25. The number of hydrogen-bond donors (Lipinski definition) is 1. The quantitative estimate of drug-likeness (QED) is 0.762. The van der Waals surface area contributed by atoms with Gasteiger partial charge in [-0.1, -0.05) is 36.4 Å². The van der Waals surface area contributed by atoms with Gasteiger partial charge in [0.15, 0.2) is 11.5 Å². The molecule has 0 aliphatic carbocycles. The molecule has 0 aromatic heterocycles. The van der Waals surface area contributed by atoms with Crippen LogP contribution in [0.1, 0.15) is 18.5 Å². The van der Waals surface area contributed by atoms with Crippen LogP contribution in [-0.4, -0.2) is 21.6 Å². The van der Waals surface area contributed by atoms with Crippen molar-refractivity contribution in [1.82, 2.24) is 4.72 Å². The molecule has 0 saturated carbocycles. The summed E-state index contributed by atoms with van der Waals surface area (Å²) in [4.78, 5) is 0.251. The van der Waals surface area contributed by atoms with Crippen LogP contribution in [0.4, 0.5) is 0 Å². The number of sulfonamides is 1. The zero-order valence-electron chi connectivity index (χ0n) is 14.3. The van der Waals surface area contributed by atoms with E-state index in [1.807, 2.05) is 55.5 Å². The highest BCUT2D eigenvalue weighted by atomic mass is 32.2. The van der Waals surface area contributed by atoms with Crippen LogP contribution in [0.5, 0.6) is 11.5 Å². The predicted octanol–water partition coefficient (Wildman–Crippen LogP) is 3.65. The second-order valence-corrected chi connectivity index (χ2v) is 7.97. The summed E-state index contributed by atoms with van der Waals surface area (Å²) in [6.45, 7) is 2.83. The summed E-state index contributed by atoms with van der Waals surface area (Å²) in [6.07, 6.45) is 0. The molecule has 0 saturated heterocycles. The molecule has 5 nitrogen and oxygen atoms in total. The first-order chi connectivity index (χ1) is 12.5. The molecule has 4 rings (SSSR count). The lowest BCUT2D eigenvalue weighted by Gasteiger charge is -2.21. The maximum atomic E-state index is 12.8. The molecule has 134 valence electrons. The molecule has 26 heavy (non-hydrogen) atoms. The maximum Gasteiger partial charge on any atom is 0.241 e. The van der Waals surface area contributed by atoms with Gasteiger partial charge in [0, 0.05) is 6.04 Å². The van der Waals surface area contributed by atoms with Crippen molar-refractivity contribution < 1.29 is 17.9 Å². The minimum absolute atomic E-state index is 0.251. The summed E-state index contributed by atoms with van der Waals surface area (Å²) < 4.78 is 39.4. The Hall–Kier alpha value is -2.57. The van der Waals surface area contributed by atoms with Gasteiger partial charge in [-0.3, -0.25) is 0 Å². The Labute approximate surface area is 152 Å².